The number of pyridine rings is 2. The Balaban J connectivity index is 2.53. The van der Waals surface area contributed by atoms with Gasteiger partial charge in [0, 0.05) is 18.5 Å². The van der Waals surface area contributed by atoms with E-state index in [9.17, 15) is 22.8 Å². The summed E-state index contributed by atoms with van der Waals surface area (Å²) in [6.07, 6.45) is 2.98. The molecule has 0 amide bonds. The highest BCUT2D eigenvalue weighted by atomic mass is 19.2. The molecule has 23 heavy (non-hydrogen) atoms. The fourth-order valence-electron chi connectivity index (χ4n) is 2.23. The summed E-state index contributed by atoms with van der Waals surface area (Å²) in [5, 5.41) is 8.73. The predicted molar refractivity (Wildman–Crippen MR) is 74.2 cm³/mol. The van der Waals surface area contributed by atoms with Crippen LogP contribution in [-0.2, 0) is 0 Å². The second-order valence-electron chi connectivity index (χ2n) is 4.66. The van der Waals surface area contributed by atoms with Crippen molar-refractivity contribution in [3.8, 4) is 5.69 Å². The van der Waals surface area contributed by atoms with Crippen molar-refractivity contribution in [2.45, 2.75) is 0 Å². The Kier molecular flexibility index (Phi) is 3.36. The van der Waals surface area contributed by atoms with Gasteiger partial charge in [-0.05, 0) is 12.1 Å². The van der Waals surface area contributed by atoms with Gasteiger partial charge in [0.15, 0.2) is 17.5 Å². The first-order valence-corrected chi connectivity index (χ1v) is 6.27. The van der Waals surface area contributed by atoms with Gasteiger partial charge >= 0.3 is 5.97 Å². The molecule has 2 aromatic heterocycles. The van der Waals surface area contributed by atoms with Crippen molar-refractivity contribution in [3.05, 3.63) is 70.0 Å². The molecule has 0 radical (unpaired) electrons. The zero-order chi connectivity index (χ0) is 16.7. The van der Waals surface area contributed by atoms with E-state index in [4.69, 9.17) is 5.11 Å². The van der Waals surface area contributed by atoms with Crippen LogP contribution in [0.25, 0.3) is 16.6 Å². The number of aromatic carboxylic acids is 1. The molecule has 0 atom stereocenters. The number of halogens is 3. The molecule has 3 rings (SSSR count). The summed E-state index contributed by atoms with van der Waals surface area (Å²) in [5.74, 6) is -4.94. The molecule has 0 aliphatic heterocycles. The number of fused-ring (bicyclic) bond motifs is 1. The summed E-state index contributed by atoms with van der Waals surface area (Å²) >= 11 is 0. The number of aromatic nitrogens is 2. The van der Waals surface area contributed by atoms with E-state index in [1.807, 2.05) is 0 Å². The fourth-order valence-corrected chi connectivity index (χ4v) is 2.23. The average molecular weight is 320 g/mol. The second-order valence-corrected chi connectivity index (χ2v) is 4.66. The maximum Gasteiger partial charge on any atom is 0.341 e. The highest BCUT2D eigenvalue weighted by Gasteiger charge is 2.19. The van der Waals surface area contributed by atoms with Gasteiger partial charge < -0.3 is 9.67 Å². The van der Waals surface area contributed by atoms with Gasteiger partial charge in [0.25, 0.3) is 0 Å². The van der Waals surface area contributed by atoms with Gasteiger partial charge in [0.1, 0.15) is 5.56 Å². The highest BCUT2D eigenvalue weighted by Crippen LogP contribution is 2.22. The van der Waals surface area contributed by atoms with E-state index in [2.05, 4.69) is 4.98 Å². The van der Waals surface area contributed by atoms with Crippen molar-refractivity contribution in [2.75, 3.05) is 0 Å². The summed E-state index contributed by atoms with van der Waals surface area (Å²) < 4.78 is 41.9. The Morgan fingerprint density at radius 3 is 2.48 bits per heavy atom. The summed E-state index contributed by atoms with van der Waals surface area (Å²) in [6.45, 7) is 0. The van der Waals surface area contributed by atoms with Crippen molar-refractivity contribution >= 4 is 16.9 Å². The topological polar surface area (TPSA) is 72.2 Å². The molecule has 0 bridgehead atoms. The first-order valence-electron chi connectivity index (χ1n) is 6.27. The summed E-state index contributed by atoms with van der Waals surface area (Å²) in [5.41, 5.74) is -2.00. The molecule has 0 aliphatic rings. The van der Waals surface area contributed by atoms with Crippen molar-refractivity contribution in [1.29, 1.82) is 0 Å². The molecular formula is C15H7F3N2O3. The summed E-state index contributed by atoms with van der Waals surface area (Å²) in [6, 6.07) is 2.51. The Morgan fingerprint density at radius 1 is 1.13 bits per heavy atom. The molecule has 2 heterocycles. The largest absolute Gasteiger partial charge is 0.477 e. The van der Waals surface area contributed by atoms with E-state index in [1.165, 1.54) is 12.3 Å². The lowest BCUT2D eigenvalue weighted by atomic mass is 10.1. The van der Waals surface area contributed by atoms with Crippen LogP contribution in [0, 0.1) is 17.5 Å². The molecule has 116 valence electrons. The number of hydrogen-bond donors (Lipinski definition) is 1. The van der Waals surface area contributed by atoms with Gasteiger partial charge in [0.2, 0.25) is 5.43 Å². The minimum Gasteiger partial charge on any atom is -0.477 e. The molecule has 0 unspecified atom stereocenters. The van der Waals surface area contributed by atoms with Gasteiger partial charge in [-0.15, -0.1) is 0 Å². The molecular weight excluding hydrogens is 313 g/mol. The number of nitrogens with zero attached hydrogens (tertiary/aromatic N) is 2. The van der Waals surface area contributed by atoms with Crippen molar-refractivity contribution in [1.82, 2.24) is 9.55 Å². The number of benzene rings is 1. The van der Waals surface area contributed by atoms with Gasteiger partial charge in [0.05, 0.1) is 22.8 Å². The average Bonchev–Trinajstić information content (AvgIpc) is 2.50. The molecule has 8 heteroatoms. The van der Waals surface area contributed by atoms with E-state index in [0.717, 1.165) is 17.0 Å². The van der Waals surface area contributed by atoms with E-state index in [0.29, 0.717) is 12.1 Å². The molecule has 5 nitrogen and oxygen atoms in total. The number of hydrogen-bond acceptors (Lipinski definition) is 3. The van der Waals surface area contributed by atoms with Crippen LogP contribution in [0.4, 0.5) is 13.2 Å². The normalized spacial score (nSPS) is 10.9. The molecule has 0 spiro atoms. The quantitative estimate of drug-likeness (QED) is 0.787. The van der Waals surface area contributed by atoms with Crippen molar-refractivity contribution in [2.24, 2.45) is 0 Å². The molecule has 0 fully saturated rings. The Labute approximate surface area is 126 Å². The Morgan fingerprint density at radius 2 is 1.83 bits per heavy atom. The summed E-state index contributed by atoms with van der Waals surface area (Å²) in [7, 11) is 0. The zero-order valence-electron chi connectivity index (χ0n) is 11.3. The van der Waals surface area contributed by atoms with Crippen LogP contribution < -0.4 is 5.43 Å². The first kappa shape index (κ1) is 14.8. The zero-order valence-corrected chi connectivity index (χ0v) is 11.3. The van der Waals surface area contributed by atoms with Crippen LogP contribution >= 0.6 is 0 Å². The smallest absolute Gasteiger partial charge is 0.341 e. The SMILES string of the molecule is O=C(O)c1cn(-c2ccncc2F)c2cc(F)c(F)cc2c1=O. The number of carbonyl (C=O) groups is 1. The van der Waals surface area contributed by atoms with Crippen LogP contribution in [0.5, 0.6) is 0 Å². The van der Waals surface area contributed by atoms with Gasteiger partial charge in [-0.25, -0.2) is 18.0 Å². The van der Waals surface area contributed by atoms with Crippen LogP contribution in [0.2, 0.25) is 0 Å². The fraction of sp³-hybridized carbons (Fsp3) is 0. The van der Waals surface area contributed by atoms with Crippen LogP contribution in [0.15, 0.2) is 41.6 Å². The van der Waals surface area contributed by atoms with Crippen molar-refractivity contribution < 1.29 is 23.1 Å². The highest BCUT2D eigenvalue weighted by molar-refractivity contribution is 5.93. The van der Waals surface area contributed by atoms with Gasteiger partial charge in [-0.3, -0.25) is 9.78 Å². The number of rotatable bonds is 2. The first-order chi connectivity index (χ1) is 10.9. The minimum atomic E-state index is -1.56. The third-order valence-electron chi connectivity index (χ3n) is 3.29. The van der Waals surface area contributed by atoms with Gasteiger partial charge in [-0.2, -0.15) is 0 Å². The second kappa shape index (κ2) is 5.24. The van der Waals surface area contributed by atoms with E-state index >= 15 is 0 Å². The standard InChI is InChI=1S/C15H7F3N2O3/c16-9-3-7-13(4-10(9)17)20(6-8(14(7)21)15(22)23)12-1-2-19-5-11(12)18/h1-6H,(H,22,23). The molecule has 0 aliphatic carbocycles. The van der Waals surface area contributed by atoms with Crippen molar-refractivity contribution in [3.63, 3.8) is 0 Å². The Hall–Kier alpha value is -3.16. The maximum atomic E-state index is 13.9. The lowest BCUT2D eigenvalue weighted by molar-refractivity contribution is 0.0695. The lowest BCUT2D eigenvalue weighted by Gasteiger charge is -2.13. The number of carboxylic acid groups (broad SMARTS) is 1. The molecule has 0 saturated carbocycles. The third kappa shape index (κ3) is 2.33. The molecule has 3 aromatic rings. The lowest BCUT2D eigenvalue weighted by Crippen LogP contribution is -2.19. The van der Waals surface area contributed by atoms with E-state index < -0.39 is 34.4 Å². The van der Waals surface area contributed by atoms with E-state index in [-0.39, 0.29) is 16.6 Å². The monoisotopic (exact) mass is 320 g/mol. The summed E-state index contributed by atoms with van der Waals surface area (Å²) in [4.78, 5) is 26.9. The minimum absolute atomic E-state index is 0.154. The third-order valence-corrected chi connectivity index (χ3v) is 3.29. The van der Waals surface area contributed by atoms with Gasteiger partial charge in [-0.1, -0.05) is 0 Å². The number of carboxylic acids is 1. The van der Waals surface area contributed by atoms with E-state index in [1.54, 1.807) is 0 Å². The van der Waals surface area contributed by atoms with Crippen LogP contribution in [-0.4, -0.2) is 20.6 Å². The predicted octanol–water partition coefficient (Wildman–Crippen LogP) is 2.50. The molecule has 0 saturated heterocycles. The maximum absolute atomic E-state index is 13.9. The molecule has 1 aromatic carbocycles. The Bertz CT molecular complexity index is 1010. The van der Waals surface area contributed by atoms with Crippen LogP contribution in [0.3, 0.4) is 0 Å². The van der Waals surface area contributed by atoms with Crippen LogP contribution in [0.1, 0.15) is 10.4 Å². The molecule has 1 N–H and O–H groups in total.